The minimum atomic E-state index is -4.17. The van der Waals surface area contributed by atoms with Crippen LogP contribution >= 0.6 is 0 Å². The van der Waals surface area contributed by atoms with Crippen molar-refractivity contribution in [3.05, 3.63) is 18.1 Å². The van der Waals surface area contributed by atoms with Gasteiger partial charge >= 0.3 is 16.1 Å². The first kappa shape index (κ1) is 22.9. The van der Waals surface area contributed by atoms with Gasteiger partial charge in [-0.05, 0) is 20.3 Å². The Bertz CT molecular complexity index is 937. The van der Waals surface area contributed by atoms with Crippen LogP contribution in [0.15, 0.2) is 17.6 Å². The standard InChI is InChI=1S/C18H31N7O3S/c1-7-10-11-19-15-12-14(18(4,5)6)21-25(15)29(27,28)16-20-13-24(22-16)17(26)23(8-2)9-3/h12-13,19H,7-11H2,1-6H3. The van der Waals surface area contributed by atoms with Crippen LogP contribution in [0.1, 0.15) is 60.1 Å². The monoisotopic (exact) mass is 425 g/mol. The van der Waals surface area contributed by atoms with Gasteiger partial charge in [-0.1, -0.05) is 34.1 Å². The summed E-state index contributed by atoms with van der Waals surface area (Å²) in [5.41, 5.74) is 0.284. The minimum absolute atomic E-state index is 0.340. The maximum atomic E-state index is 13.2. The summed E-state index contributed by atoms with van der Waals surface area (Å²) in [5, 5.41) is 10.9. The van der Waals surface area contributed by atoms with Gasteiger partial charge in [0, 0.05) is 31.1 Å². The van der Waals surface area contributed by atoms with Crippen molar-refractivity contribution in [1.82, 2.24) is 28.9 Å². The minimum Gasteiger partial charge on any atom is -0.369 e. The van der Waals surface area contributed by atoms with Crippen molar-refractivity contribution < 1.29 is 13.2 Å². The van der Waals surface area contributed by atoms with Crippen molar-refractivity contribution in [2.45, 2.75) is 65.0 Å². The summed E-state index contributed by atoms with van der Waals surface area (Å²) in [5.74, 6) is 0.356. The largest absolute Gasteiger partial charge is 0.369 e. The molecule has 2 aromatic heterocycles. The van der Waals surface area contributed by atoms with Crippen LogP contribution in [0.2, 0.25) is 0 Å². The van der Waals surface area contributed by atoms with Crippen LogP contribution in [-0.2, 0) is 15.4 Å². The molecule has 2 rings (SSSR count). The molecule has 2 aromatic rings. The van der Waals surface area contributed by atoms with Crippen LogP contribution in [0.3, 0.4) is 0 Å². The first-order valence-corrected chi connectivity index (χ1v) is 11.3. The first-order chi connectivity index (χ1) is 13.6. The first-order valence-electron chi connectivity index (χ1n) is 9.87. The number of carbonyl (C=O) groups is 1. The summed E-state index contributed by atoms with van der Waals surface area (Å²) in [7, 11) is -4.17. The lowest BCUT2D eigenvalue weighted by atomic mass is 9.92. The third-order valence-corrected chi connectivity index (χ3v) is 5.82. The summed E-state index contributed by atoms with van der Waals surface area (Å²) in [6, 6.07) is 1.30. The molecule has 0 aliphatic rings. The fourth-order valence-electron chi connectivity index (χ4n) is 2.60. The number of rotatable bonds is 8. The van der Waals surface area contributed by atoms with E-state index in [1.807, 2.05) is 34.6 Å². The van der Waals surface area contributed by atoms with Crippen molar-refractivity contribution in [1.29, 1.82) is 0 Å². The molecule has 0 bridgehead atoms. The third kappa shape index (κ3) is 4.95. The van der Waals surface area contributed by atoms with E-state index in [0.717, 1.165) is 27.9 Å². The van der Waals surface area contributed by atoms with E-state index < -0.39 is 21.2 Å². The molecule has 0 spiro atoms. The van der Waals surface area contributed by atoms with Gasteiger partial charge < -0.3 is 10.2 Å². The van der Waals surface area contributed by atoms with Crippen molar-refractivity contribution in [3.63, 3.8) is 0 Å². The Morgan fingerprint density at radius 2 is 1.83 bits per heavy atom. The Labute approximate surface area is 172 Å². The van der Waals surface area contributed by atoms with Gasteiger partial charge in [-0.15, -0.1) is 9.19 Å². The van der Waals surface area contributed by atoms with E-state index in [4.69, 9.17) is 0 Å². The fraction of sp³-hybridized carbons (Fsp3) is 0.667. The van der Waals surface area contributed by atoms with Crippen LogP contribution in [0.4, 0.5) is 10.6 Å². The third-order valence-electron chi connectivity index (χ3n) is 4.44. The number of amides is 1. The molecule has 11 heteroatoms. The highest BCUT2D eigenvalue weighted by molar-refractivity contribution is 7.89. The van der Waals surface area contributed by atoms with Gasteiger partial charge in [-0.25, -0.2) is 9.78 Å². The zero-order chi connectivity index (χ0) is 21.8. The van der Waals surface area contributed by atoms with Crippen molar-refractivity contribution in [3.8, 4) is 0 Å². The molecule has 0 aliphatic carbocycles. The SMILES string of the molecule is CCCCNc1cc(C(C)(C)C)nn1S(=O)(=O)c1ncn(C(=O)N(CC)CC)n1. The van der Waals surface area contributed by atoms with E-state index in [-0.39, 0.29) is 5.41 Å². The second kappa shape index (κ2) is 8.93. The van der Waals surface area contributed by atoms with E-state index >= 15 is 0 Å². The predicted molar refractivity (Wildman–Crippen MR) is 111 cm³/mol. The van der Waals surface area contributed by atoms with Crippen LogP contribution in [0, 0.1) is 0 Å². The molecule has 0 aliphatic heterocycles. The molecule has 0 saturated heterocycles. The molecule has 162 valence electrons. The number of hydrogen-bond acceptors (Lipinski definition) is 7. The van der Waals surface area contributed by atoms with Crippen molar-refractivity contribution >= 4 is 21.9 Å². The lowest BCUT2D eigenvalue weighted by Crippen LogP contribution is -2.34. The van der Waals surface area contributed by atoms with Gasteiger partial charge in [0.05, 0.1) is 5.69 Å². The number of hydrogen-bond donors (Lipinski definition) is 1. The van der Waals surface area contributed by atoms with Gasteiger partial charge in [0.2, 0.25) is 0 Å². The van der Waals surface area contributed by atoms with Gasteiger partial charge in [0.15, 0.2) is 0 Å². The second-order valence-corrected chi connectivity index (χ2v) is 9.38. The Morgan fingerprint density at radius 1 is 1.17 bits per heavy atom. The van der Waals surface area contributed by atoms with Crippen LogP contribution < -0.4 is 5.32 Å². The zero-order valence-corrected chi connectivity index (χ0v) is 18.8. The predicted octanol–water partition coefficient (Wildman–Crippen LogP) is 2.53. The molecule has 10 nitrogen and oxygen atoms in total. The molecule has 0 atom stereocenters. The van der Waals surface area contributed by atoms with Crippen molar-refractivity contribution in [2.75, 3.05) is 25.0 Å². The summed E-state index contributed by atoms with van der Waals surface area (Å²) >= 11 is 0. The summed E-state index contributed by atoms with van der Waals surface area (Å²) < 4.78 is 28.2. The average Bonchev–Trinajstić information content (AvgIpc) is 3.31. The molecule has 0 fully saturated rings. The lowest BCUT2D eigenvalue weighted by molar-refractivity contribution is 0.201. The molecule has 0 unspecified atom stereocenters. The molecule has 0 aromatic carbocycles. The Morgan fingerprint density at radius 3 is 2.38 bits per heavy atom. The number of nitrogens with one attached hydrogen (secondary N) is 1. The Hall–Kier alpha value is -2.43. The molecule has 2 heterocycles. The number of aromatic nitrogens is 5. The van der Waals surface area contributed by atoms with E-state index in [9.17, 15) is 13.2 Å². The molecule has 29 heavy (non-hydrogen) atoms. The van der Waals surface area contributed by atoms with E-state index in [1.54, 1.807) is 6.07 Å². The van der Waals surface area contributed by atoms with Gasteiger partial charge in [0.1, 0.15) is 12.1 Å². The maximum Gasteiger partial charge on any atom is 0.346 e. The highest BCUT2D eigenvalue weighted by Gasteiger charge is 2.30. The molecular formula is C18H31N7O3S. The van der Waals surface area contributed by atoms with Gasteiger partial charge in [-0.2, -0.15) is 18.2 Å². The van der Waals surface area contributed by atoms with E-state index in [2.05, 4.69) is 27.4 Å². The van der Waals surface area contributed by atoms with E-state index in [1.165, 1.54) is 4.90 Å². The fourth-order valence-corrected chi connectivity index (χ4v) is 3.70. The van der Waals surface area contributed by atoms with Crippen LogP contribution in [0.5, 0.6) is 0 Å². The number of carbonyl (C=O) groups excluding carboxylic acids is 1. The average molecular weight is 426 g/mol. The molecule has 0 radical (unpaired) electrons. The lowest BCUT2D eigenvalue weighted by Gasteiger charge is -2.17. The van der Waals surface area contributed by atoms with Gasteiger partial charge in [0.25, 0.3) is 5.16 Å². The Kier molecular flexibility index (Phi) is 7.04. The summed E-state index contributed by atoms with van der Waals surface area (Å²) in [6.07, 6.45) is 2.98. The zero-order valence-electron chi connectivity index (χ0n) is 18.0. The molecule has 0 saturated carbocycles. The molecule has 1 N–H and O–H groups in total. The number of nitrogens with zero attached hydrogens (tertiary/aromatic N) is 6. The van der Waals surface area contributed by atoms with E-state index in [0.29, 0.717) is 31.1 Å². The Balaban J connectivity index is 2.44. The smallest absolute Gasteiger partial charge is 0.346 e. The number of anilines is 1. The number of unbranched alkanes of at least 4 members (excludes halogenated alkanes) is 1. The molecular weight excluding hydrogens is 394 g/mol. The van der Waals surface area contributed by atoms with Crippen LogP contribution in [0.25, 0.3) is 0 Å². The topological polar surface area (TPSA) is 115 Å². The van der Waals surface area contributed by atoms with Crippen LogP contribution in [-0.4, -0.2) is 62.9 Å². The molecule has 1 amide bonds. The quantitative estimate of drug-likeness (QED) is 0.646. The maximum absolute atomic E-state index is 13.2. The highest BCUT2D eigenvalue weighted by Crippen LogP contribution is 2.26. The van der Waals surface area contributed by atoms with Crippen molar-refractivity contribution in [2.24, 2.45) is 0 Å². The summed E-state index contributed by atoms with van der Waals surface area (Å²) in [6.45, 7) is 13.2. The normalized spacial score (nSPS) is 12.2. The summed E-state index contributed by atoms with van der Waals surface area (Å²) in [4.78, 5) is 17.8. The highest BCUT2D eigenvalue weighted by atomic mass is 32.2. The van der Waals surface area contributed by atoms with Gasteiger partial charge in [-0.3, -0.25) is 0 Å². The second-order valence-electron chi connectivity index (χ2n) is 7.72.